The molecule has 0 saturated carbocycles. The molecular formula is C13H12N2O2. The minimum absolute atomic E-state index is 0.401. The molecular weight excluding hydrogens is 216 g/mol. The number of carbonyl (C=O) groups excluding carboxylic acids is 1. The van der Waals surface area contributed by atoms with Crippen molar-refractivity contribution in [2.45, 2.75) is 20.0 Å². The average Bonchev–Trinajstić information content (AvgIpc) is 2.77. The fraction of sp³-hybridized carbons (Fsp3) is 0.231. The van der Waals surface area contributed by atoms with E-state index in [1.165, 1.54) is 0 Å². The number of imidazole rings is 1. The molecule has 4 nitrogen and oxygen atoms in total. The van der Waals surface area contributed by atoms with Gasteiger partial charge in [0.15, 0.2) is 6.29 Å². The Morgan fingerprint density at radius 2 is 2.29 bits per heavy atom. The van der Waals surface area contributed by atoms with Gasteiger partial charge in [-0.15, -0.1) is 0 Å². The number of rotatable bonds is 2. The number of nitrogens with zero attached hydrogens (tertiary/aromatic N) is 2. The van der Waals surface area contributed by atoms with Crippen LogP contribution in [-0.4, -0.2) is 15.8 Å². The van der Waals surface area contributed by atoms with Crippen molar-refractivity contribution in [3.63, 3.8) is 0 Å². The molecule has 0 amide bonds. The minimum Gasteiger partial charge on any atom is -0.485 e. The molecule has 0 radical (unpaired) electrons. The number of carbonyl (C=O) groups is 1. The molecule has 17 heavy (non-hydrogen) atoms. The first-order valence-corrected chi connectivity index (χ1v) is 5.63. The SMILES string of the molecule is CCc1nc(C=O)c2n1-c1ccccc1OC2. The molecule has 0 bridgehead atoms. The highest BCUT2D eigenvalue weighted by atomic mass is 16.5. The van der Waals surface area contributed by atoms with Crippen LogP contribution in [0.3, 0.4) is 0 Å². The Morgan fingerprint density at radius 3 is 3.06 bits per heavy atom. The Bertz CT molecular complexity index is 587. The van der Waals surface area contributed by atoms with Crippen LogP contribution in [-0.2, 0) is 13.0 Å². The van der Waals surface area contributed by atoms with Crippen molar-refractivity contribution in [1.82, 2.24) is 9.55 Å². The van der Waals surface area contributed by atoms with Crippen LogP contribution in [0.5, 0.6) is 5.75 Å². The number of aldehydes is 1. The largest absolute Gasteiger partial charge is 0.485 e. The van der Waals surface area contributed by atoms with Gasteiger partial charge in [0.2, 0.25) is 0 Å². The van der Waals surface area contributed by atoms with Gasteiger partial charge < -0.3 is 4.74 Å². The van der Waals surface area contributed by atoms with E-state index in [0.29, 0.717) is 12.3 Å². The molecule has 86 valence electrons. The zero-order chi connectivity index (χ0) is 11.8. The van der Waals surface area contributed by atoms with E-state index in [2.05, 4.69) is 4.98 Å². The topological polar surface area (TPSA) is 44.1 Å². The van der Waals surface area contributed by atoms with Crippen LogP contribution in [0.25, 0.3) is 5.69 Å². The number of ether oxygens (including phenoxy) is 1. The summed E-state index contributed by atoms with van der Waals surface area (Å²) in [5.41, 5.74) is 2.29. The van der Waals surface area contributed by atoms with Crippen molar-refractivity contribution in [1.29, 1.82) is 0 Å². The van der Waals surface area contributed by atoms with Crippen LogP contribution < -0.4 is 4.74 Å². The van der Waals surface area contributed by atoms with Crippen molar-refractivity contribution in [3.8, 4) is 11.4 Å². The second kappa shape index (κ2) is 3.73. The molecule has 0 aliphatic carbocycles. The molecule has 1 aliphatic rings. The highest BCUT2D eigenvalue weighted by Gasteiger charge is 2.23. The molecule has 0 N–H and O–H groups in total. The summed E-state index contributed by atoms with van der Waals surface area (Å²) in [6, 6.07) is 7.80. The highest BCUT2D eigenvalue weighted by molar-refractivity contribution is 5.75. The second-order valence-electron chi connectivity index (χ2n) is 3.92. The third-order valence-corrected chi connectivity index (χ3v) is 2.97. The lowest BCUT2D eigenvalue weighted by Crippen LogP contribution is -2.14. The smallest absolute Gasteiger partial charge is 0.170 e. The van der Waals surface area contributed by atoms with Gasteiger partial charge in [-0.05, 0) is 12.1 Å². The third-order valence-electron chi connectivity index (χ3n) is 2.97. The lowest BCUT2D eigenvalue weighted by molar-refractivity contribution is 0.111. The van der Waals surface area contributed by atoms with Crippen molar-refractivity contribution in [3.05, 3.63) is 41.5 Å². The quantitative estimate of drug-likeness (QED) is 0.740. The lowest BCUT2D eigenvalue weighted by atomic mass is 10.2. The second-order valence-corrected chi connectivity index (χ2v) is 3.92. The van der Waals surface area contributed by atoms with Crippen LogP contribution >= 0.6 is 0 Å². The monoisotopic (exact) mass is 228 g/mol. The number of fused-ring (bicyclic) bond motifs is 3. The summed E-state index contributed by atoms with van der Waals surface area (Å²) < 4.78 is 7.66. The Morgan fingerprint density at radius 1 is 1.47 bits per heavy atom. The summed E-state index contributed by atoms with van der Waals surface area (Å²) in [5, 5.41) is 0. The zero-order valence-electron chi connectivity index (χ0n) is 9.51. The molecule has 1 aliphatic heterocycles. The van der Waals surface area contributed by atoms with Gasteiger partial charge in [-0.1, -0.05) is 19.1 Å². The van der Waals surface area contributed by atoms with Gasteiger partial charge in [-0.2, -0.15) is 0 Å². The van der Waals surface area contributed by atoms with Crippen LogP contribution in [0, 0.1) is 0 Å². The molecule has 2 aromatic rings. The fourth-order valence-corrected chi connectivity index (χ4v) is 2.19. The Labute approximate surface area is 98.9 Å². The van der Waals surface area contributed by atoms with Gasteiger partial charge >= 0.3 is 0 Å². The van der Waals surface area contributed by atoms with Crippen LogP contribution in [0.1, 0.15) is 28.9 Å². The van der Waals surface area contributed by atoms with Gasteiger partial charge in [0.05, 0.1) is 11.4 Å². The van der Waals surface area contributed by atoms with Gasteiger partial charge in [-0.3, -0.25) is 9.36 Å². The van der Waals surface area contributed by atoms with E-state index >= 15 is 0 Å². The first-order valence-electron chi connectivity index (χ1n) is 5.63. The van der Waals surface area contributed by atoms with E-state index < -0.39 is 0 Å². The van der Waals surface area contributed by atoms with Gasteiger partial charge in [0.1, 0.15) is 23.9 Å². The van der Waals surface area contributed by atoms with Crippen molar-refractivity contribution >= 4 is 6.29 Å². The van der Waals surface area contributed by atoms with Crippen molar-refractivity contribution in [2.75, 3.05) is 0 Å². The van der Waals surface area contributed by atoms with Crippen LogP contribution in [0.2, 0.25) is 0 Å². The molecule has 0 unspecified atom stereocenters. The van der Waals surface area contributed by atoms with Crippen LogP contribution in [0.15, 0.2) is 24.3 Å². The van der Waals surface area contributed by atoms with E-state index in [4.69, 9.17) is 4.74 Å². The summed E-state index contributed by atoms with van der Waals surface area (Å²) in [6.45, 7) is 2.43. The maximum Gasteiger partial charge on any atom is 0.170 e. The predicted octanol–water partition coefficient (Wildman–Crippen LogP) is 2.14. The Kier molecular flexibility index (Phi) is 2.21. The predicted molar refractivity (Wildman–Crippen MR) is 62.7 cm³/mol. The lowest BCUT2D eigenvalue weighted by Gasteiger charge is -2.21. The van der Waals surface area contributed by atoms with Gasteiger partial charge in [0, 0.05) is 6.42 Å². The standard InChI is InChI=1S/C13H12N2O2/c1-2-13-14-9(7-16)11-8-17-12-6-4-3-5-10(12)15(11)13/h3-7H,2,8H2,1H3. The number of aryl methyl sites for hydroxylation is 1. The van der Waals surface area contributed by atoms with E-state index in [0.717, 1.165) is 35.7 Å². The molecule has 4 heteroatoms. The average molecular weight is 228 g/mol. The molecule has 0 spiro atoms. The Hall–Kier alpha value is -2.10. The zero-order valence-corrected chi connectivity index (χ0v) is 9.51. The third kappa shape index (κ3) is 1.37. The van der Waals surface area contributed by atoms with E-state index in [1.54, 1.807) is 0 Å². The van der Waals surface area contributed by atoms with Crippen LogP contribution in [0.4, 0.5) is 0 Å². The Balaban J connectivity index is 2.30. The normalized spacial score (nSPS) is 12.5. The van der Waals surface area contributed by atoms with Gasteiger partial charge in [-0.25, -0.2) is 4.98 Å². The van der Waals surface area contributed by atoms with Gasteiger partial charge in [0.25, 0.3) is 0 Å². The first kappa shape index (κ1) is 10.1. The maximum atomic E-state index is 11.0. The molecule has 0 atom stereocenters. The molecule has 3 rings (SSSR count). The number of hydrogen-bond acceptors (Lipinski definition) is 3. The summed E-state index contributed by atoms with van der Waals surface area (Å²) in [7, 11) is 0. The van der Waals surface area contributed by atoms with Crippen molar-refractivity contribution < 1.29 is 9.53 Å². The number of aromatic nitrogens is 2. The summed E-state index contributed by atoms with van der Waals surface area (Å²) in [4.78, 5) is 15.3. The molecule has 0 fully saturated rings. The summed E-state index contributed by atoms with van der Waals surface area (Å²) >= 11 is 0. The van der Waals surface area contributed by atoms with E-state index in [1.807, 2.05) is 35.8 Å². The van der Waals surface area contributed by atoms with E-state index in [-0.39, 0.29) is 0 Å². The first-order chi connectivity index (χ1) is 8.35. The van der Waals surface area contributed by atoms with E-state index in [9.17, 15) is 4.79 Å². The molecule has 0 saturated heterocycles. The number of para-hydroxylation sites is 2. The highest BCUT2D eigenvalue weighted by Crippen LogP contribution is 2.31. The maximum absolute atomic E-state index is 11.0. The molecule has 1 aromatic heterocycles. The molecule has 2 heterocycles. The van der Waals surface area contributed by atoms with Crippen molar-refractivity contribution in [2.24, 2.45) is 0 Å². The fourth-order valence-electron chi connectivity index (χ4n) is 2.19. The number of hydrogen-bond donors (Lipinski definition) is 0. The summed E-state index contributed by atoms with van der Waals surface area (Å²) in [5.74, 6) is 1.74. The molecule has 1 aromatic carbocycles. The summed E-state index contributed by atoms with van der Waals surface area (Å²) in [6.07, 6.45) is 1.58. The number of benzene rings is 1. The minimum atomic E-state index is 0.401.